The monoisotopic (exact) mass is 347 g/mol. The molecule has 19 heavy (non-hydrogen) atoms. The van der Waals surface area contributed by atoms with Crippen molar-refractivity contribution in [1.29, 1.82) is 0 Å². The van der Waals surface area contributed by atoms with E-state index in [-0.39, 0.29) is 17.9 Å². The Morgan fingerprint density at radius 1 is 1.47 bits per heavy atom. The summed E-state index contributed by atoms with van der Waals surface area (Å²) in [6, 6.07) is 2.89. The highest BCUT2D eigenvalue weighted by molar-refractivity contribution is 9.11. The number of nitrogens with two attached hydrogens (primary N) is 1. The average molecular weight is 348 g/mol. The predicted molar refractivity (Wildman–Crippen MR) is 80.2 cm³/mol. The highest BCUT2D eigenvalue weighted by Crippen LogP contribution is 2.21. The fourth-order valence-electron chi connectivity index (χ4n) is 1.45. The first-order valence-corrected chi connectivity index (χ1v) is 7.50. The van der Waals surface area contributed by atoms with Gasteiger partial charge in [0.2, 0.25) is 5.91 Å². The number of carbonyl (C=O) groups excluding carboxylic acids is 2. The third-order valence-electron chi connectivity index (χ3n) is 2.86. The van der Waals surface area contributed by atoms with Gasteiger partial charge in [-0.15, -0.1) is 11.3 Å². The van der Waals surface area contributed by atoms with Crippen molar-refractivity contribution in [2.24, 2.45) is 5.73 Å². The summed E-state index contributed by atoms with van der Waals surface area (Å²) in [6.45, 7) is 3.92. The molecule has 2 unspecified atom stereocenters. The molecular weight excluding hydrogens is 330 g/mol. The minimum Gasteiger partial charge on any atom is -0.340 e. The zero-order valence-corrected chi connectivity index (χ0v) is 13.5. The molecule has 0 bridgehead atoms. The topological polar surface area (TPSA) is 75.4 Å². The largest absolute Gasteiger partial charge is 0.340 e. The van der Waals surface area contributed by atoms with Crippen molar-refractivity contribution >= 4 is 39.1 Å². The molecular formula is C12H18BrN3O2S. The van der Waals surface area contributed by atoms with E-state index < -0.39 is 6.04 Å². The molecule has 3 N–H and O–H groups in total. The highest BCUT2D eigenvalue weighted by Gasteiger charge is 2.23. The van der Waals surface area contributed by atoms with E-state index in [1.165, 1.54) is 11.3 Å². The van der Waals surface area contributed by atoms with Gasteiger partial charge in [0, 0.05) is 19.6 Å². The molecule has 1 aromatic rings. The van der Waals surface area contributed by atoms with Crippen LogP contribution in [0.1, 0.15) is 23.5 Å². The molecule has 0 aliphatic heterocycles. The molecule has 0 aliphatic carbocycles. The van der Waals surface area contributed by atoms with Crippen LogP contribution in [0, 0.1) is 0 Å². The molecule has 106 valence electrons. The normalized spacial score (nSPS) is 13.7. The van der Waals surface area contributed by atoms with E-state index >= 15 is 0 Å². The first kappa shape index (κ1) is 16.1. The second-order valence-electron chi connectivity index (χ2n) is 4.33. The van der Waals surface area contributed by atoms with Gasteiger partial charge in [0.1, 0.15) is 6.04 Å². The summed E-state index contributed by atoms with van der Waals surface area (Å²) in [5.41, 5.74) is 5.52. The van der Waals surface area contributed by atoms with Gasteiger partial charge in [-0.1, -0.05) is 0 Å². The van der Waals surface area contributed by atoms with Crippen LogP contribution in [0.3, 0.4) is 0 Å². The molecule has 0 saturated carbocycles. The Balaban J connectivity index is 2.62. The van der Waals surface area contributed by atoms with Crippen LogP contribution >= 0.6 is 27.3 Å². The first-order chi connectivity index (χ1) is 8.86. The summed E-state index contributed by atoms with van der Waals surface area (Å²) < 4.78 is 0.880. The molecule has 0 aromatic carbocycles. The standard InChI is InChI=1S/C12H18BrN3O2S/c1-7(6-14)16(3)12(18)8(2)15-11(17)9-4-5-10(13)19-9/h4-5,7-8H,6,14H2,1-3H3,(H,15,17). The molecule has 1 heterocycles. The van der Waals surface area contributed by atoms with E-state index in [4.69, 9.17) is 5.73 Å². The Morgan fingerprint density at radius 3 is 2.58 bits per heavy atom. The van der Waals surface area contributed by atoms with Gasteiger partial charge >= 0.3 is 0 Å². The lowest BCUT2D eigenvalue weighted by Crippen LogP contribution is -2.49. The molecule has 5 nitrogen and oxygen atoms in total. The number of hydrogen-bond acceptors (Lipinski definition) is 4. The van der Waals surface area contributed by atoms with Gasteiger partial charge < -0.3 is 16.0 Å². The number of nitrogens with one attached hydrogen (secondary N) is 1. The summed E-state index contributed by atoms with van der Waals surface area (Å²) in [5, 5.41) is 2.69. The van der Waals surface area contributed by atoms with Crippen LogP contribution in [0.15, 0.2) is 15.9 Å². The lowest BCUT2D eigenvalue weighted by molar-refractivity contribution is -0.133. The average Bonchev–Trinajstić information content (AvgIpc) is 2.82. The van der Waals surface area contributed by atoms with Gasteiger partial charge in [0.05, 0.1) is 8.66 Å². The van der Waals surface area contributed by atoms with Gasteiger partial charge in [-0.25, -0.2) is 0 Å². The smallest absolute Gasteiger partial charge is 0.262 e. The number of thiophene rings is 1. The van der Waals surface area contributed by atoms with Crippen LogP contribution in [0.2, 0.25) is 0 Å². The lowest BCUT2D eigenvalue weighted by atomic mass is 10.2. The second kappa shape index (κ2) is 7.02. The highest BCUT2D eigenvalue weighted by atomic mass is 79.9. The minimum atomic E-state index is -0.577. The number of hydrogen-bond donors (Lipinski definition) is 2. The maximum Gasteiger partial charge on any atom is 0.262 e. The van der Waals surface area contributed by atoms with Crippen LogP contribution in [0.5, 0.6) is 0 Å². The van der Waals surface area contributed by atoms with Crippen LogP contribution in [0.4, 0.5) is 0 Å². The number of halogens is 1. The van der Waals surface area contributed by atoms with Gasteiger partial charge in [0.15, 0.2) is 0 Å². The molecule has 0 aliphatic rings. The van der Waals surface area contributed by atoms with E-state index in [9.17, 15) is 9.59 Å². The number of nitrogens with zero attached hydrogens (tertiary/aromatic N) is 1. The number of likely N-dealkylation sites (N-methyl/N-ethyl adjacent to an activating group) is 1. The number of rotatable bonds is 5. The first-order valence-electron chi connectivity index (χ1n) is 5.89. The molecule has 0 fully saturated rings. The van der Waals surface area contributed by atoms with Gasteiger partial charge in [-0.3, -0.25) is 9.59 Å². The SMILES string of the molecule is CC(NC(=O)c1ccc(Br)s1)C(=O)N(C)C(C)CN. The van der Waals surface area contributed by atoms with E-state index in [1.807, 2.05) is 6.92 Å². The van der Waals surface area contributed by atoms with Gasteiger partial charge in [-0.2, -0.15) is 0 Å². The predicted octanol–water partition coefficient (Wildman–Crippen LogP) is 1.43. The summed E-state index contributed by atoms with van der Waals surface area (Å²) in [4.78, 5) is 26.1. The lowest BCUT2D eigenvalue weighted by Gasteiger charge is -2.26. The van der Waals surface area contributed by atoms with E-state index in [0.29, 0.717) is 11.4 Å². The molecule has 7 heteroatoms. The van der Waals surface area contributed by atoms with Crippen molar-refractivity contribution in [1.82, 2.24) is 10.2 Å². The van der Waals surface area contributed by atoms with Crippen molar-refractivity contribution in [2.75, 3.05) is 13.6 Å². The number of amides is 2. The summed E-state index contributed by atoms with van der Waals surface area (Å²) >= 11 is 4.63. The van der Waals surface area contributed by atoms with Crippen molar-refractivity contribution < 1.29 is 9.59 Å². The molecule has 1 rings (SSSR count). The Kier molecular flexibility index (Phi) is 5.96. The van der Waals surface area contributed by atoms with Crippen LogP contribution in [-0.4, -0.2) is 42.4 Å². The molecule has 2 amide bonds. The van der Waals surface area contributed by atoms with E-state index in [2.05, 4.69) is 21.2 Å². The van der Waals surface area contributed by atoms with E-state index in [0.717, 1.165) is 3.79 Å². The molecule has 1 aromatic heterocycles. The molecule has 0 radical (unpaired) electrons. The Bertz CT molecular complexity index is 464. The fourth-order valence-corrected chi connectivity index (χ4v) is 2.74. The van der Waals surface area contributed by atoms with Crippen molar-refractivity contribution in [3.8, 4) is 0 Å². The summed E-state index contributed by atoms with van der Waals surface area (Å²) in [7, 11) is 1.68. The van der Waals surface area contributed by atoms with Crippen molar-refractivity contribution in [3.63, 3.8) is 0 Å². The zero-order chi connectivity index (χ0) is 14.6. The second-order valence-corrected chi connectivity index (χ2v) is 6.80. The third kappa shape index (κ3) is 4.29. The van der Waals surface area contributed by atoms with Gasteiger partial charge in [0.25, 0.3) is 5.91 Å². The molecule has 0 spiro atoms. The third-order valence-corrected chi connectivity index (χ3v) is 4.49. The Hall–Kier alpha value is -0.920. The minimum absolute atomic E-state index is 0.0530. The summed E-state index contributed by atoms with van der Waals surface area (Å²) in [6.07, 6.45) is 0. The fraction of sp³-hybridized carbons (Fsp3) is 0.500. The molecule has 0 saturated heterocycles. The maximum absolute atomic E-state index is 12.1. The van der Waals surface area contributed by atoms with E-state index in [1.54, 1.807) is 31.0 Å². The van der Waals surface area contributed by atoms with Gasteiger partial charge in [-0.05, 0) is 41.9 Å². The maximum atomic E-state index is 12.1. The van der Waals surface area contributed by atoms with Crippen molar-refractivity contribution in [2.45, 2.75) is 25.9 Å². The molecule has 2 atom stereocenters. The van der Waals surface area contributed by atoms with Crippen LogP contribution in [0.25, 0.3) is 0 Å². The quantitative estimate of drug-likeness (QED) is 0.845. The van der Waals surface area contributed by atoms with Crippen LogP contribution < -0.4 is 11.1 Å². The number of carbonyl (C=O) groups is 2. The van der Waals surface area contributed by atoms with Crippen molar-refractivity contribution in [3.05, 3.63) is 20.8 Å². The Labute approximate surface area is 125 Å². The van der Waals surface area contributed by atoms with Crippen LogP contribution in [-0.2, 0) is 4.79 Å². The Morgan fingerprint density at radius 2 is 2.11 bits per heavy atom. The zero-order valence-electron chi connectivity index (χ0n) is 11.1. The summed E-state index contributed by atoms with van der Waals surface area (Å²) in [5.74, 6) is -0.396.